The molecule has 12 aromatic rings. The molecule has 282 valence electrons. The predicted molar refractivity (Wildman–Crippen MR) is 250 cm³/mol. The van der Waals surface area contributed by atoms with Gasteiger partial charge in [0.1, 0.15) is 6.07 Å². The molecule has 0 bridgehead atoms. The van der Waals surface area contributed by atoms with Crippen LogP contribution in [0.15, 0.2) is 200 Å². The number of hydrogen-bond donors (Lipinski definition) is 0. The highest BCUT2D eigenvalue weighted by atomic mass is 15.0. The average Bonchev–Trinajstić information content (AvgIpc) is 3.98. The summed E-state index contributed by atoms with van der Waals surface area (Å²) in [5.41, 5.74) is 14.3. The van der Waals surface area contributed by atoms with Crippen LogP contribution in [-0.2, 0) is 0 Å². The molecule has 0 atom stereocenters. The molecule has 0 radical (unpaired) electrons. The molecule has 0 fully saturated rings. The Balaban J connectivity index is 1.32. The van der Waals surface area contributed by atoms with Crippen LogP contribution in [0.4, 0.5) is 0 Å². The van der Waals surface area contributed by atoms with Crippen LogP contribution < -0.4 is 0 Å². The summed E-state index contributed by atoms with van der Waals surface area (Å²) in [6.07, 6.45) is 0. The van der Waals surface area contributed by atoms with Crippen molar-refractivity contribution in [1.82, 2.24) is 13.7 Å². The summed E-state index contributed by atoms with van der Waals surface area (Å²) < 4.78 is 7.18. The van der Waals surface area contributed by atoms with Crippen molar-refractivity contribution in [2.24, 2.45) is 0 Å². The Morgan fingerprint density at radius 1 is 0.328 bits per heavy atom. The molecule has 0 aliphatic heterocycles. The highest BCUT2D eigenvalue weighted by Crippen LogP contribution is 2.50. The van der Waals surface area contributed by atoms with E-state index in [0.717, 1.165) is 99.3 Å². The quantitative estimate of drug-likeness (QED) is 0.175. The van der Waals surface area contributed by atoms with E-state index in [1.165, 1.54) is 5.39 Å². The summed E-state index contributed by atoms with van der Waals surface area (Å²) in [7, 11) is 0. The maximum absolute atomic E-state index is 11.0. The number of fused-ring (bicyclic) bond motifs is 12. The van der Waals surface area contributed by atoms with Gasteiger partial charge in [0.2, 0.25) is 0 Å². The van der Waals surface area contributed by atoms with Crippen LogP contribution in [0.5, 0.6) is 0 Å². The Hall–Kier alpha value is -8.64. The molecule has 0 aliphatic rings. The van der Waals surface area contributed by atoms with E-state index in [9.17, 15) is 10.5 Å². The van der Waals surface area contributed by atoms with E-state index >= 15 is 0 Å². The minimum atomic E-state index is 0.551. The molecule has 0 N–H and O–H groups in total. The van der Waals surface area contributed by atoms with Crippen molar-refractivity contribution in [3.05, 3.63) is 211 Å². The Morgan fingerprint density at radius 2 is 0.754 bits per heavy atom. The summed E-state index contributed by atoms with van der Waals surface area (Å²) in [6.45, 7) is 0. The van der Waals surface area contributed by atoms with Gasteiger partial charge in [0.15, 0.2) is 0 Å². The van der Waals surface area contributed by atoms with Crippen LogP contribution in [0.3, 0.4) is 0 Å². The van der Waals surface area contributed by atoms with Crippen LogP contribution in [0.1, 0.15) is 11.1 Å². The third-order valence-electron chi connectivity index (χ3n) is 12.2. The van der Waals surface area contributed by atoms with Crippen LogP contribution in [-0.4, -0.2) is 13.7 Å². The number of aromatic nitrogens is 3. The zero-order valence-electron chi connectivity index (χ0n) is 32.8. The summed E-state index contributed by atoms with van der Waals surface area (Å²) in [6, 6.07) is 74.5. The van der Waals surface area contributed by atoms with Gasteiger partial charge in [-0.05, 0) is 95.1 Å². The minimum Gasteiger partial charge on any atom is -0.308 e. The van der Waals surface area contributed by atoms with E-state index in [1.54, 1.807) is 0 Å². The van der Waals surface area contributed by atoms with Crippen molar-refractivity contribution in [3.8, 4) is 51.5 Å². The van der Waals surface area contributed by atoms with Crippen LogP contribution in [0.2, 0.25) is 0 Å². The SMILES string of the molecule is N#Cc1cc(-c2ccccc2)cc(-c2ccc(C#N)c(-n3c4ccccc4c4c5c(c6ccccc6n5-c5ccccc5)c5c(c6ccccc6n5-c5ccccc5)c43)c2)c1. The fourth-order valence-corrected chi connectivity index (χ4v) is 9.74. The van der Waals surface area contributed by atoms with Crippen molar-refractivity contribution in [3.63, 3.8) is 0 Å². The Labute approximate surface area is 351 Å². The lowest BCUT2D eigenvalue weighted by Crippen LogP contribution is -2.00. The first-order chi connectivity index (χ1) is 30.2. The number of hydrogen-bond acceptors (Lipinski definition) is 2. The molecule has 0 saturated carbocycles. The average molecular weight is 776 g/mol. The van der Waals surface area contributed by atoms with Gasteiger partial charge in [-0.15, -0.1) is 0 Å². The van der Waals surface area contributed by atoms with Gasteiger partial charge in [0.25, 0.3) is 0 Å². The third kappa shape index (κ3) is 5.05. The van der Waals surface area contributed by atoms with Gasteiger partial charge >= 0.3 is 0 Å². The van der Waals surface area contributed by atoms with Crippen LogP contribution in [0.25, 0.3) is 105 Å². The highest BCUT2D eigenvalue weighted by molar-refractivity contribution is 6.40. The fraction of sp³-hybridized carbons (Fsp3) is 0. The molecular formula is C56H33N5. The number of para-hydroxylation sites is 5. The topological polar surface area (TPSA) is 62.4 Å². The Morgan fingerprint density at radius 3 is 1.25 bits per heavy atom. The molecule has 0 unspecified atom stereocenters. The molecule has 3 aromatic heterocycles. The normalized spacial score (nSPS) is 11.6. The molecule has 61 heavy (non-hydrogen) atoms. The Bertz CT molecular complexity index is 3750. The van der Waals surface area contributed by atoms with Gasteiger partial charge in [0.05, 0.1) is 56.0 Å². The second-order valence-corrected chi connectivity index (χ2v) is 15.5. The van der Waals surface area contributed by atoms with E-state index in [0.29, 0.717) is 11.1 Å². The van der Waals surface area contributed by atoms with Gasteiger partial charge in [-0.1, -0.05) is 127 Å². The molecule has 0 aliphatic carbocycles. The lowest BCUT2D eigenvalue weighted by molar-refractivity contribution is 1.16. The highest BCUT2D eigenvalue weighted by Gasteiger charge is 2.29. The zero-order chi connectivity index (χ0) is 40.6. The summed E-state index contributed by atoms with van der Waals surface area (Å²) >= 11 is 0. The molecule has 5 nitrogen and oxygen atoms in total. The minimum absolute atomic E-state index is 0.551. The lowest BCUT2D eigenvalue weighted by Gasteiger charge is -2.15. The van der Waals surface area contributed by atoms with Crippen molar-refractivity contribution in [2.45, 2.75) is 0 Å². The number of rotatable bonds is 5. The first kappa shape index (κ1) is 34.4. The van der Waals surface area contributed by atoms with Gasteiger partial charge in [-0.25, -0.2) is 0 Å². The van der Waals surface area contributed by atoms with Gasteiger partial charge in [-0.2, -0.15) is 10.5 Å². The molecule has 9 aromatic carbocycles. The lowest BCUT2D eigenvalue weighted by atomic mass is 9.95. The standard InChI is InChI=1S/C56H33N5/c57-34-36-30-40(37-16-4-1-5-17-37)32-41(31-36)38-28-29-39(35-58)50(33-38)61-49-27-15-12-24-46(49)53-55-51(44-22-10-13-25-47(44)59(55)42-18-6-2-7-19-42)54-52(56(53)61)45-23-11-14-26-48(45)60(54)43-20-8-3-9-21-43/h1-33H. The molecule has 3 heterocycles. The van der Waals surface area contributed by atoms with Crippen molar-refractivity contribution in [2.75, 3.05) is 0 Å². The summed E-state index contributed by atoms with van der Waals surface area (Å²) in [4.78, 5) is 0. The van der Waals surface area contributed by atoms with Crippen LogP contribution in [0, 0.1) is 22.7 Å². The fourth-order valence-electron chi connectivity index (χ4n) is 9.74. The van der Waals surface area contributed by atoms with Crippen molar-refractivity contribution in [1.29, 1.82) is 10.5 Å². The first-order valence-corrected chi connectivity index (χ1v) is 20.4. The number of benzene rings is 9. The van der Waals surface area contributed by atoms with E-state index in [4.69, 9.17) is 0 Å². The molecule has 5 heteroatoms. The molecule has 0 amide bonds. The van der Waals surface area contributed by atoms with E-state index in [2.05, 4.69) is 184 Å². The van der Waals surface area contributed by atoms with E-state index in [1.807, 2.05) is 42.5 Å². The summed E-state index contributed by atoms with van der Waals surface area (Å²) in [5, 5.41) is 28.0. The molecule has 12 rings (SSSR count). The third-order valence-corrected chi connectivity index (χ3v) is 12.2. The molecule has 0 spiro atoms. The van der Waals surface area contributed by atoms with E-state index < -0.39 is 0 Å². The zero-order valence-corrected chi connectivity index (χ0v) is 32.8. The number of nitrogens with zero attached hydrogens (tertiary/aromatic N) is 5. The van der Waals surface area contributed by atoms with Gasteiger partial charge in [-0.3, -0.25) is 0 Å². The monoisotopic (exact) mass is 775 g/mol. The molecule has 0 saturated heterocycles. The van der Waals surface area contributed by atoms with E-state index in [-0.39, 0.29) is 0 Å². The Kier molecular flexibility index (Phi) is 7.59. The second kappa shape index (κ2) is 13.5. The first-order valence-electron chi connectivity index (χ1n) is 20.4. The largest absolute Gasteiger partial charge is 0.308 e. The molecular weight excluding hydrogens is 743 g/mol. The maximum Gasteiger partial charge on any atom is 0.101 e. The second-order valence-electron chi connectivity index (χ2n) is 15.5. The van der Waals surface area contributed by atoms with Crippen molar-refractivity contribution < 1.29 is 0 Å². The van der Waals surface area contributed by atoms with Gasteiger partial charge in [0, 0.05) is 43.7 Å². The predicted octanol–water partition coefficient (Wildman–Crippen LogP) is 14.1. The maximum atomic E-state index is 11.0. The summed E-state index contributed by atoms with van der Waals surface area (Å²) in [5.74, 6) is 0. The van der Waals surface area contributed by atoms with Crippen molar-refractivity contribution >= 4 is 65.4 Å². The van der Waals surface area contributed by atoms with Crippen LogP contribution >= 0.6 is 0 Å². The smallest absolute Gasteiger partial charge is 0.101 e. The number of nitriles is 2. The van der Waals surface area contributed by atoms with Gasteiger partial charge < -0.3 is 13.7 Å².